The lowest BCUT2D eigenvalue weighted by Gasteiger charge is -2.30. The molecule has 150 valence electrons. The first-order chi connectivity index (χ1) is 13.9. The van der Waals surface area contributed by atoms with Crippen LogP contribution >= 0.6 is 0 Å². The van der Waals surface area contributed by atoms with E-state index >= 15 is 0 Å². The highest BCUT2D eigenvalue weighted by molar-refractivity contribution is 6.06. The summed E-state index contributed by atoms with van der Waals surface area (Å²) in [6.45, 7) is 4.06. The standard InChI is InChI=1S/C24H27N3O2/c1-16-4-7-19(8-5-16)25-24(29)18-6-9-22-21(14-18)20(15-23(28)27(22)3)17-10-12-26(2)13-11-17/h4-9,14-15,17H,10-13H2,1-3H3,(H,25,29). The van der Waals surface area contributed by atoms with E-state index in [0.717, 1.165) is 53.6 Å². The zero-order valence-corrected chi connectivity index (χ0v) is 17.2. The molecule has 0 aliphatic carbocycles. The number of nitrogens with zero attached hydrogens (tertiary/aromatic N) is 2. The lowest BCUT2D eigenvalue weighted by Crippen LogP contribution is -2.30. The van der Waals surface area contributed by atoms with Crippen molar-refractivity contribution in [2.75, 3.05) is 25.5 Å². The van der Waals surface area contributed by atoms with Crippen LogP contribution in [0.4, 0.5) is 5.69 Å². The molecule has 5 nitrogen and oxygen atoms in total. The summed E-state index contributed by atoms with van der Waals surface area (Å²) >= 11 is 0. The third kappa shape index (κ3) is 3.96. The molecule has 29 heavy (non-hydrogen) atoms. The zero-order valence-electron chi connectivity index (χ0n) is 17.2. The number of aromatic nitrogens is 1. The van der Waals surface area contributed by atoms with Crippen LogP contribution < -0.4 is 10.9 Å². The Morgan fingerprint density at radius 2 is 1.69 bits per heavy atom. The number of amides is 1. The van der Waals surface area contributed by atoms with Crippen LogP contribution in [0.1, 0.15) is 40.2 Å². The molecule has 0 atom stereocenters. The first-order valence-electron chi connectivity index (χ1n) is 10.1. The predicted octanol–water partition coefficient (Wildman–Crippen LogP) is 3.91. The maximum Gasteiger partial charge on any atom is 0.255 e. The SMILES string of the molecule is Cc1ccc(NC(=O)c2ccc3c(c2)c(C2CCN(C)CC2)cc(=O)n3C)cc1. The molecule has 1 fully saturated rings. The molecule has 1 aliphatic rings. The van der Waals surface area contributed by atoms with Crippen LogP contribution in [0.2, 0.25) is 0 Å². The summed E-state index contributed by atoms with van der Waals surface area (Å²) in [5.74, 6) is 0.206. The van der Waals surface area contributed by atoms with E-state index in [-0.39, 0.29) is 11.5 Å². The molecule has 2 aromatic carbocycles. The molecular formula is C24H27N3O2. The highest BCUT2D eigenvalue weighted by atomic mass is 16.1. The number of likely N-dealkylation sites (tertiary alicyclic amines) is 1. The lowest BCUT2D eigenvalue weighted by atomic mass is 9.87. The highest BCUT2D eigenvalue weighted by Gasteiger charge is 2.22. The number of aryl methyl sites for hydroxylation is 2. The summed E-state index contributed by atoms with van der Waals surface area (Å²) in [5.41, 5.74) is 4.47. The molecule has 1 N–H and O–H groups in total. The molecule has 2 heterocycles. The number of nitrogens with one attached hydrogen (secondary N) is 1. The Hall–Kier alpha value is -2.92. The van der Waals surface area contributed by atoms with Gasteiger partial charge in [-0.25, -0.2) is 0 Å². The number of carbonyl (C=O) groups excluding carboxylic acids is 1. The molecule has 3 aromatic rings. The molecule has 5 heteroatoms. The van der Waals surface area contributed by atoms with Crippen LogP contribution in [-0.2, 0) is 7.05 Å². The summed E-state index contributed by atoms with van der Waals surface area (Å²) in [4.78, 5) is 27.7. The van der Waals surface area contributed by atoms with E-state index in [1.54, 1.807) is 23.7 Å². The Balaban J connectivity index is 1.72. The largest absolute Gasteiger partial charge is 0.322 e. The number of carbonyl (C=O) groups is 1. The predicted molar refractivity (Wildman–Crippen MR) is 118 cm³/mol. The van der Waals surface area contributed by atoms with Gasteiger partial charge in [0, 0.05) is 29.8 Å². The van der Waals surface area contributed by atoms with Gasteiger partial charge >= 0.3 is 0 Å². The van der Waals surface area contributed by atoms with Gasteiger partial charge in [0.25, 0.3) is 11.5 Å². The molecule has 4 rings (SSSR count). The molecule has 0 unspecified atom stereocenters. The number of hydrogen-bond acceptors (Lipinski definition) is 3. The van der Waals surface area contributed by atoms with Gasteiger partial charge in [0.1, 0.15) is 0 Å². The quantitative estimate of drug-likeness (QED) is 0.739. The van der Waals surface area contributed by atoms with Gasteiger partial charge in [0.15, 0.2) is 0 Å². The van der Waals surface area contributed by atoms with Gasteiger partial charge in [0.05, 0.1) is 5.52 Å². The van der Waals surface area contributed by atoms with Crippen molar-refractivity contribution >= 4 is 22.5 Å². The van der Waals surface area contributed by atoms with Gasteiger partial charge < -0.3 is 14.8 Å². The lowest BCUT2D eigenvalue weighted by molar-refractivity contribution is 0.102. The molecule has 1 aliphatic heterocycles. The summed E-state index contributed by atoms with van der Waals surface area (Å²) in [6, 6.07) is 15.1. The van der Waals surface area contributed by atoms with Crippen LogP contribution in [0, 0.1) is 6.92 Å². The topological polar surface area (TPSA) is 54.3 Å². The van der Waals surface area contributed by atoms with Gasteiger partial charge in [0.2, 0.25) is 0 Å². The Bertz CT molecular complexity index is 1110. The maximum atomic E-state index is 12.8. The summed E-state index contributed by atoms with van der Waals surface area (Å²) in [7, 11) is 3.92. The molecule has 1 amide bonds. The van der Waals surface area contributed by atoms with E-state index in [2.05, 4.69) is 17.3 Å². The van der Waals surface area contributed by atoms with Gasteiger partial charge in [-0.3, -0.25) is 9.59 Å². The Morgan fingerprint density at radius 3 is 2.38 bits per heavy atom. The molecule has 1 saturated heterocycles. The fourth-order valence-electron chi connectivity index (χ4n) is 4.12. The van der Waals surface area contributed by atoms with Crippen LogP contribution in [0.25, 0.3) is 10.9 Å². The molecule has 1 aromatic heterocycles. The average molecular weight is 389 g/mol. The van der Waals surface area contributed by atoms with E-state index in [9.17, 15) is 9.59 Å². The number of piperidine rings is 1. The minimum atomic E-state index is -0.140. The Morgan fingerprint density at radius 1 is 1.00 bits per heavy atom. The normalized spacial score (nSPS) is 15.6. The number of benzene rings is 2. The van der Waals surface area contributed by atoms with E-state index in [0.29, 0.717) is 11.5 Å². The molecule has 0 bridgehead atoms. The third-order valence-corrected chi connectivity index (χ3v) is 6.01. The number of anilines is 1. The second-order valence-corrected chi connectivity index (χ2v) is 8.13. The molecular weight excluding hydrogens is 362 g/mol. The van der Waals surface area contributed by atoms with E-state index in [4.69, 9.17) is 0 Å². The summed E-state index contributed by atoms with van der Waals surface area (Å²) in [5, 5.41) is 3.97. The minimum Gasteiger partial charge on any atom is -0.322 e. The van der Waals surface area contributed by atoms with Crippen molar-refractivity contribution in [2.24, 2.45) is 7.05 Å². The monoisotopic (exact) mass is 389 g/mol. The Labute approximate surface area is 171 Å². The fourth-order valence-corrected chi connectivity index (χ4v) is 4.12. The van der Waals surface area contributed by atoms with Crippen molar-refractivity contribution in [1.29, 1.82) is 0 Å². The van der Waals surface area contributed by atoms with Gasteiger partial charge in [-0.1, -0.05) is 17.7 Å². The van der Waals surface area contributed by atoms with Gasteiger partial charge in [-0.05, 0) is 81.7 Å². The number of rotatable bonds is 3. The first kappa shape index (κ1) is 19.4. The minimum absolute atomic E-state index is 0.00304. The molecule has 0 spiro atoms. The molecule has 0 saturated carbocycles. The smallest absolute Gasteiger partial charge is 0.255 e. The summed E-state index contributed by atoms with van der Waals surface area (Å²) in [6.07, 6.45) is 2.05. The van der Waals surface area contributed by atoms with Crippen LogP contribution in [0.5, 0.6) is 0 Å². The van der Waals surface area contributed by atoms with Crippen molar-refractivity contribution in [3.05, 3.63) is 75.6 Å². The zero-order chi connectivity index (χ0) is 20.5. The summed E-state index contributed by atoms with van der Waals surface area (Å²) < 4.78 is 1.66. The van der Waals surface area contributed by atoms with Crippen LogP contribution in [0.3, 0.4) is 0 Å². The van der Waals surface area contributed by atoms with E-state index < -0.39 is 0 Å². The second-order valence-electron chi connectivity index (χ2n) is 8.13. The van der Waals surface area contributed by atoms with Crippen molar-refractivity contribution in [3.8, 4) is 0 Å². The third-order valence-electron chi connectivity index (χ3n) is 6.01. The van der Waals surface area contributed by atoms with E-state index in [1.165, 1.54) is 0 Å². The number of pyridine rings is 1. The Kier molecular flexibility index (Phi) is 5.24. The number of hydrogen-bond donors (Lipinski definition) is 1. The number of fused-ring (bicyclic) bond motifs is 1. The van der Waals surface area contributed by atoms with Crippen LogP contribution in [-0.4, -0.2) is 35.5 Å². The maximum absolute atomic E-state index is 12.8. The fraction of sp³-hybridized carbons (Fsp3) is 0.333. The first-order valence-corrected chi connectivity index (χ1v) is 10.1. The molecule has 0 radical (unpaired) electrons. The van der Waals surface area contributed by atoms with Gasteiger partial charge in [-0.2, -0.15) is 0 Å². The second kappa shape index (κ2) is 7.84. The highest BCUT2D eigenvalue weighted by Crippen LogP contribution is 2.32. The van der Waals surface area contributed by atoms with Crippen LogP contribution in [0.15, 0.2) is 53.3 Å². The van der Waals surface area contributed by atoms with E-state index in [1.807, 2.05) is 43.3 Å². The van der Waals surface area contributed by atoms with Gasteiger partial charge in [-0.15, -0.1) is 0 Å². The van der Waals surface area contributed by atoms with Crippen molar-refractivity contribution < 1.29 is 4.79 Å². The van der Waals surface area contributed by atoms with Crippen molar-refractivity contribution in [1.82, 2.24) is 9.47 Å². The average Bonchev–Trinajstić information content (AvgIpc) is 2.72. The van der Waals surface area contributed by atoms with Crippen molar-refractivity contribution in [2.45, 2.75) is 25.7 Å². The van der Waals surface area contributed by atoms with Crippen molar-refractivity contribution in [3.63, 3.8) is 0 Å².